The van der Waals surface area contributed by atoms with Crippen molar-refractivity contribution in [3.05, 3.63) is 17.0 Å². The number of hydrogen-bond donors (Lipinski definition) is 2. The highest BCUT2D eigenvalue weighted by Gasteiger charge is 2.39. The summed E-state index contributed by atoms with van der Waals surface area (Å²) in [6, 6.07) is 0. The van der Waals surface area contributed by atoms with Crippen molar-refractivity contribution in [2.75, 3.05) is 0 Å². The van der Waals surface area contributed by atoms with E-state index in [0.717, 1.165) is 19.3 Å². The Balaban J connectivity index is 2.36. The van der Waals surface area contributed by atoms with Gasteiger partial charge in [0, 0.05) is 23.7 Å². The first-order valence-electron chi connectivity index (χ1n) is 4.88. The Morgan fingerprint density at radius 3 is 2.47 bits per heavy atom. The first kappa shape index (κ1) is 10.5. The maximum Gasteiger partial charge on any atom is 0.435 e. The van der Waals surface area contributed by atoms with E-state index >= 15 is 0 Å². The molecular weight excluding hydrogens is 207 g/mol. The van der Waals surface area contributed by atoms with Gasteiger partial charge in [0.1, 0.15) is 0 Å². The number of nitrogens with zero attached hydrogens (tertiary/aromatic N) is 1. The quantitative estimate of drug-likeness (QED) is 0.800. The minimum Gasteiger partial charge on any atom is -0.326 e. The Labute approximate surface area is 84.8 Å². The van der Waals surface area contributed by atoms with E-state index in [9.17, 15) is 13.2 Å². The first-order chi connectivity index (χ1) is 7.04. The molecule has 0 aliphatic heterocycles. The Bertz CT molecular complexity index is 352. The molecule has 1 aromatic rings. The number of nitrogens with one attached hydrogen (secondary N) is 1. The monoisotopic (exact) mass is 219 g/mol. The lowest BCUT2D eigenvalue weighted by Gasteiger charge is -2.25. The third kappa shape index (κ3) is 1.73. The van der Waals surface area contributed by atoms with Gasteiger partial charge in [-0.1, -0.05) is 6.42 Å². The second kappa shape index (κ2) is 3.52. The highest BCUT2D eigenvalue weighted by Crippen LogP contribution is 2.40. The standard InChI is InChI=1S/C9H12F3N3/c10-9(11,12)8-6(4-13)7(14-15-8)5-2-1-3-5/h5H,1-4,13H2,(H,14,15). The molecule has 0 bridgehead atoms. The number of aromatic amines is 1. The van der Waals surface area contributed by atoms with Crippen LogP contribution < -0.4 is 5.73 Å². The molecule has 1 aliphatic rings. The summed E-state index contributed by atoms with van der Waals surface area (Å²) in [5, 5.41) is 5.81. The maximum absolute atomic E-state index is 12.5. The predicted octanol–water partition coefficient (Wildman–Crippen LogP) is 2.15. The fourth-order valence-electron chi connectivity index (χ4n) is 1.85. The number of alkyl halides is 3. The van der Waals surface area contributed by atoms with Gasteiger partial charge in [0.15, 0.2) is 5.69 Å². The molecule has 0 atom stereocenters. The van der Waals surface area contributed by atoms with E-state index in [2.05, 4.69) is 10.2 Å². The molecule has 1 aromatic heterocycles. The topological polar surface area (TPSA) is 54.7 Å². The van der Waals surface area contributed by atoms with Gasteiger partial charge in [0.2, 0.25) is 0 Å². The zero-order valence-electron chi connectivity index (χ0n) is 8.06. The van der Waals surface area contributed by atoms with E-state index in [0.29, 0.717) is 5.69 Å². The molecule has 0 spiro atoms. The van der Waals surface area contributed by atoms with Crippen LogP contribution in [0.5, 0.6) is 0 Å². The van der Waals surface area contributed by atoms with Gasteiger partial charge in [0.25, 0.3) is 0 Å². The third-order valence-corrected chi connectivity index (χ3v) is 2.89. The zero-order chi connectivity index (χ0) is 11.1. The van der Waals surface area contributed by atoms with Crippen molar-refractivity contribution in [1.29, 1.82) is 0 Å². The summed E-state index contributed by atoms with van der Waals surface area (Å²) in [6.45, 7) is -0.114. The van der Waals surface area contributed by atoms with Crippen LogP contribution in [0, 0.1) is 0 Å². The molecule has 1 heterocycles. The van der Waals surface area contributed by atoms with Crippen LogP contribution in [0.2, 0.25) is 0 Å². The van der Waals surface area contributed by atoms with E-state index < -0.39 is 11.9 Å². The highest BCUT2D eigenvalue weighted by molar-refractivity contribution is 5.30. The van der Waals surface area contributed by atoms with Gasteiger partial charge in [0.05, 0.1) is 0 Å². The largest absolute Gasteiger partial charge is 0.435 e. The summed E-state index contributed by atoms with van der Waals surface area (Å²) in [7, 11) is 0. The number of nitrogens with two attached hydrogens (primary N) is 1. The van der Waals surface area contributed by atoms with Crippen LogP contribution >= 0.6 is 0 Å². The van der Waals surface area contributed by atoms with Crippen molar-refractivity contribution in [3.8, 4) is 0 Å². The summed E-state index contributed by atoms with van der Waals surface area (Å²) < 4.78 is 37.5. The third-order valence-electron chi connectivity index (χ3n) is 2.89. The van der Waals surface area contributed by atoms with E-state index in [1.54, 1.807) is 0 Å². The molecule has 15 heavy (non-hydrogen) atoms. The molecule has 6 heteroatoms. The van der Waals surface area contributed by atoms with E-state index in [-0.39, 0.29) is 18.0 Å². The molecular formula is C9H12F3N3. The Kier molecular flexibility index (Phi) is 2.46. The van der Waals surface area contributed by atoms with Crippen LogP contribution in [-0.2, 0) is 12.7 Å². The summed E-state index contributed by atoms with van der Waals surface area (Å²) in [5.74, 6) is 0.187. The molecule has 0 radical (unpaired) electrons. The molecule has 0 amide bonds. The predicted molar refractivity (Wildman–Crippen MR) is 48.1 cm³/mol. The van der Waals surface area contributed by atoms with Gasteiger partial charge in [-0.15, -0.1) is 0 Å². The smallest absolute Gasteiger partial charge is 0.326 e. The van der Waals surface area contributed by atoms with Crippen LogP contribution in [0.3, 0.4) is 0 Å². The second-order valence-corrected chi connectivity index (χ2v) is 3.79. The van der Waals surface area contributed by atoms with Crippen LogP contribution in [0.4, 0.5) is 13.2 Å². The molecule has 1 saturated carbocycles. The number of aromatic nitrogens is 2. The van der Waals surface area contributed by atoms with Gasteiger partial charge in [-0.05, 0) is 12.8 Å². The Morgan fingerprint density at radius 2 is 2.07 bits per heavy atom. The van der Waals surface area contributed by atoms with E-state index in [1.165, 1.54) is 0 Å². The first-order valence-corrected chi connectivity index (χ1v) is 4.88. The van der Waals surface area contributed by atoms with Crippen molar-refractivity contribution < 1.29 is 13.2 Å². The molecule has 3 N–H and O–H groups in total. The molecule has 0 unspecified atom stereocenters. The second-order valence-electron chi connectivity index (χ2n) is 3.79. The van der Waals surface area contributed by atoms with Gasteiger partial charge in [-0.3, -0.25) is 5.10 Å². The van der Waals surface area contributed by atoms with Crippen LogP contribution in [0.15, 0.2) is 0 Å². The van der Waals surface area contributed by atoms with Crippen molar-refractivity contribution in [3.63, 3.8) is 0 Å². The summed E-state index contributed by atoms with van der Waals surface area (Å²) in [4.78, 5) is 0. The van der Waals surface area contributed by atoms with E-state index in [4.69, 9.17) is 5.73 Å². The lowest BCUT2D eigenvalue weighted by atomic mass is 9.81. The molecule has 1 aliphatic carbocycles. The van der Waals surface area contributed by atoms with Crippen LogP contribution in [-0.4, -0.2) is 10.2 Å². The number of hydrogen-bond acceptors (Lipinski definition) is 2. The number of H-pyrrole nitrogens is 1. The summed E-state index contributed by atoms with van der Waals surface area (Å²) in [6.07, 6.45) is -1.50. The van der Waals surface area contributed by atoms with Gasteiger partial charge >= 0.3 is 6.18 Å². The highest BCUT2D eigenvalue weighted by atomic mass is 19.4. The average molecular weight is 219 g/mol. The molecule has 84 valence electrons. The lowest BCUT2D eigenvalue weighted by molar-refractivity contribution is -0.141. The summed E-state index contributed by atoms with van der Waals surface area (Å²) in [5.41, 5.74) is 5.21. The Hall–Kier alpha value is -1.04. The fraction of sp³-hybridized carbons (Fsp3) is 0.667. The van der Waals surface area contributed by atoms with Crippen LogP contribution in [0.25, 0.3) is 0 Å². The molecule has 1 fully saturated rings. The SMILES string of the molecule is NCc1c(C(F)(F)F)n[nH]c1C1CCC1. The van der Waals surface area contributed by atoms with Crippen molar-refractivity contribution >= 4 is 0 Å². The Morgan fingerprint density at radius 1 is 1.40 bits per heavy atom. The molecule has 0 saturated heterocycles. The average Bonchev–Trinajstić information content (AvgIpc) is 2.43. The van der Waals surface area contributed by atoms with Crippen molar-refractivity contribution in [1.82, 2.24) is 10.2 Å². The van der Waals surface area contributed by atoms with Crippen molar-refractivity contribution in [2.24, 2.45) is 5.73 Å². The minimum absolute atomic E-state index is 0.114. The van der Waals surface area contributed by atoms with E-state index in [1.807, 2.05) is 0 Å². The zero-order valence-corrected chi connectivity index (χ0v) is 8.06. The van der Waals surface area contributed by atoms with Gasteiger partial charge < -0.3 is 5.73 Å². The van der Waals surface area contributed by atoms with Gasteiger partial charge in [-0.2, -0.15) is 18.3 Å². The number of rotatable bonds is 2. The van der Waals surface area contributed by atoms with Crippen molar-refractivity contribution in [2.45, 2.75) is 37.9 Å². The molecule has 2 rings (SSSR count). The lowest BCUT2D eigenvalue weighted by Crippen LogP contribution is -2.15. The van der Waals surface area contributed by atoms with Gasteiger partial charge in [-0.25, -0.2) is 0 Å². The molecule has 0 aromatic carbocycles. The minimum atomic E-state index is -4.41. The summed E-state index contributed by atoms with van der Waals surface area (Å²) >= 11 is 0. The molecule has 3 nitrogen and oxygen atoms in total. The maximum atomic E-state index is 12.5. The number of halogens is 3. The normalized spacial score (nSPS) is 17.9. The van der Waals surface area contributed by atoms with Crippen LogP contribution in [0.1, 0.15) is 42.1 Å². The fourth-order valence-corrected chi connectivity index (χ4v) is 1.85.